The fraction of sp³-hybridized carbons (Fsp3) is 0.417. The molecule has 1 rings (SSSR count). The predicted molar refractivity (Wildman–Crippen MR) is 57.1 cm³/mol. The first-order chi connectivity index (χ1) is 6.77. The number of hydrogen-bond acceptors (Lipinski definition) is 1. The summed E-state index contributed by atoms with van der Waals surface area (Å²) in [5, 5.41) is 0. The molecule has 0 radical (unpaired) electrons. The molecule has 2 nitrogen and oxygen atoms in total. The Morgan fingerprint density at radius 2 is 2.36 bits per heavy atom. The third-order valence-electron chi connectivity index (χ3n) is 2.07. The number of aromatic nitrogens is 1. The molecule has 74 valence electrons. The Morgan fingerprint density at radius 3 is 3.00 bits per heavy atom. The van der Waals surface area contributed by atoms with Crippen LogP contribution in [-0.2, 0) is 6.54 Å². The average Bonchev–Trinajstić information content (AvgIpc) is 2.66. The van der Waals surface area contributed by atoms with E-state index in [4.69, 9.17) is 0 Å². The summed E-state index contributed by atoms with van der Waals surface area (Å²) < 4.78 is 2.01. The normalized spacial score (nSPS) is 9.29. The van der Waals surface area contributed by atoms with Crippen molar-refractivity contribution in [3.63, 3.8) is 0 Å². The molecule has 14 heavy (non-hydrogen) atoms. The molecule has 0 atom stereocenters. The third kappa shape index (κ3) is 2.77. The van der Waals surface area contributed by atoms with Crippen molar-refractivity contribution in [3.05, 3.63) is 24.0 Å². The summed E-state index contributed by atoms with van der Waals surface area (Å²) in [6.45, 7) is 4.57. The molecule has 0 unspecified atom stereocenters. The van der Waals surface area contributed by atoms with Crippen molar-refractivity contribution in [2.24, 2.45) is 0 Å². The Labute approximate surface area is 84.9 Å². The second kappa shape index (κ2) is 5.29. The van der Waals surface area contributed by atoms with Crippen LogP contribution in [0.5, 0.6) is 0 Å². The summed E-state index contributed by atoms with van der Waals surface area (Å²) in [5.41, 5.74) is 0.803. The van der Waals surface area contributed by atoms with E-state index < -0.39 is 0 Å². The molecule has 2 heteroatoms. The minimum absolute atomic E-state index is 0.199. The first-order valence-corrected chi connectivity index (χ1v) is 4.86. The highest BCUT2D eigenvalue weighted by atomic mass is 16.1. The quantitative estimate of drug-likeness (QED) is 0.527. The van der Waals surface area contributed by atoms with Crippen LogP contribution < -0.4 is 0 Å². The lowest BCUT2D eigenvalue weighted by Gasteiger charge is -1.96. The summed E-state index contributed by atoms with van der Waals surface area (Å²) in [6.07, 6.45) is 5.23. The van der Waals surface area contributed by atoms with Crippen LogP contribution >= 0.6 is 0 Å². The number of hydrogen-bond donors (Lipinski definition) is 0. The van der Waals surface area contributed by atoms with Gasteiger partial charge in [0.05, 0.1) is 0 Å². The fourth-order valence-corrected chi connectivity index (χ4v) is 1.26. The predicted octanol–water partition coefficient (Wildman–Crippen LogP) is 2.49. The smallest absolute Gasteiger partial charge is 0.164 e. The van der Waals surface area contributed by atoms with Gasteiger partial charge in [-0.15, -0.1) is 11.8 Å². The fourth-order valence-electron chi connectivity index (χ4n) is 1.26. The van der Waals surface area contributed by atoms with Gasteiger partial charge in [0, 0.05) is 37.3 Å². The summed E-state index contributed by atoms with van der Waals surface area (Å²) >= 11 is 0. The lowest BCUT2D eigenvalue weighted by Crippen LogP contribution is -1.96. The molecule has 0 spiro atoms. The number of aryl methyl sites for hydroxylation is 1. The van der Waals surface area contributed by atoms with Gasteiger partial charge in [0.2, 0.25) is 0 Å². The largest absolute Gasteiger partial charge is 0.353 e. The van der Waals surface area contributed by atoms with E-state index >= 15 is 0 Å². The highest BCUT2D eigenvalue weighted by molar-refractivity contribution is 5.95. The van der Waals surface area contributed by atoms with Crippen molar-refractivity contribution in [2.45, 2.75) is 33.2 Å². The summed E-state index contributed by atoms with van der Waals surface area (Å²) in [5.74, 6) is 6.04. The number of carbonyl (C=O) groups excluding carboxylic acids is 1. The molecule has 0 bridgehead atoms. The summed E-state index contributed by atoms with van der Waals surface area (Å²) in [6, 6.07) is 1.87. The van der Waals surface area contributed by atoms with Crippen LogP contribution in [0, 0.1) is 11.8 Å². The minimum Gasteiger partial charge on any atom is -0.353 e. The van der Waals surface area contributed by atoms with Crippen LogP contribution in [0.1, 0.15) is 37.0 Å². The number of nitrogens with zero attached hydrogens (tertiary/aromatic N) is 1. The number of rotatable bonds is 4. The Hall–Kier alpha value is -1.49. The van der Waals surface area contributed by atoms with Gasteiger partial charge in [-0.1, -0.05) is 6.92 Å². The van der Waals surface area contributed by atoms with Crippen molar-refractivity contribution in [2.75, 3.05) is 0 Å². The molecule has 1 aromatic rings. The maximum Gasteiger partial charge on any atom is 0.164 e. The topological polar surface area (TPSA) is 22.0 Å². The molecular weight excluding hydrogens is 174 g/mol. The van der Waals surface area contributed by atoms with Gasteiger partial charge in [0.15, 0.2) is 5.78 Å². The van der Waals surface area contributed by atoms with Crippen LogP contribution in [0.2, 0.25) is 0 Å². The third-order valence-corrected chi connectivity index (χ3v) is 2.07. The van der Waals surface area contributed by atoms with Crippen LogP contribution in [0.3, 0.4) is 0 Å². The lowest BCUT2D eigenvalue weighted by atomic mass is 10.2. The first kappa shape index (κ1) is 10.6. The zero-order chi connectivity index (χ0) is 10.4. The Bertz CT molecular complexity index is 365. The van der Waals surface area contributed by atoms with Crippen molar-refractivity contribution >= 4 is 5.78 Å². The van der Waals surface area contributed by atoms with Gasteiger partial charge in [-0.2, -0.15) is 0 Å². The molecule has 0 aliphatic rings. The second-order valence-corrected chi connectivity index (χ2v) is 3.09. The lowest BCUT2D eigenvalue weighted by molar-refractivity contribution is 0.0988. The van der Waals surface area contributed by atoms with Gasteiger partial charge in [0.1, 0.15) is 0 Å². The average molecular weight is 189 g/mol. The van der Waals surface area contributed by atoms with E-state index in [1.165, 1.54) is 0 Å². The Morgan fingerprint density at radius 1 is 1.57 bits per heavy atom. The zero-order valence-corrected chi connectivity index (χ0v) is 8.71. The highest BCUT2D eigenvalue weighted by Crippen LogP contribution is 2.05. The Kier molecular flexibility index (Phi) is 4.00. The Balaban J connectivity index is 2.57. The van der Waals surface area contributed by atoms with Gasteiger partial charge in [-0.3, -0.25) is 4.79 Å². The molecule has 0 saturated heterocycles. The van der Waals surface area contributed by atoms with E-state index in [9.17, 15) is 4.79 Å². The van der Waals surface area contributed by atoms with Gasteiger partial charge >= 0.3 is 0 Å². The van der Waals surface area contributed by atoms with Gasteiger partial charge in [0.25, 0.3) is 0 Å². The summed E-state index contributed by atoms with van der Waals surface area (Å²) in [4.78, 5) is 11.3. The van der Waals surface area contributed by atoms with Gasteiger partial charge < -0.3 is 4.57 Å². The minimum atomic E-state index is 0.199. The number of ketones is 1. The summed E-state index contributed by atoms with van der Waals surface area (Å²) in [7, 11) is 0. The molecule has 0 aromatic carbocycles. The molecule has 1 aromatic heterocycles. The van der Waals surface area contributed by atoms with Crippen LogP contribution in [0.4, 0.5) is 0 Å². The molecule has 0 aliphatic heterocycles. The second-order valence-electron chi connectivity index (χ2n) is 3.09. The molecule has 0 N–H and O–H groups in total. The zero-order valence-electron chi connectivity index (χ0n) is 8.71. The van der Waals surface area contributed by atoms with E-state index in [-0.39, 0.29) is 5.78 Å². The van der Waals surface area contributed by atoms with E-state index in [1.807, 2.05) is 36.9 Å². The number of carbonyl (C=O) groups is 1. The molecule has 0 fully saturated rings. The van der Waals surface area contributed by atoms with Gasteiger partial charge in [-0.05, 0) is 13.0 Å². The van der Waals surface area contributed by atoms with E-state index in [0.717, 1.165) is 18.5 Å². The molecule has 1 heterocycles. The standard InChI is InChI=1S/C12H15NO/c1-3-5-6-8-13-9-7-11(10-13)12(14)4-2/h7,9-10H,4,6,8H2,1-2H3. The maximum absolute atomic E-state index is 11.3. The van der Waals surface area contributed by atoms with Crippen molar-refractivity contribution in [3.8, 4) is 11.8 Å². The first-order valence-electron chi connectivity index (χ1n) is 4.86. The SMILES string of the molecule is CC#CCCn1ccc(C(=O)CC)c1. The highest BCUT2D eigenvalue weighted by Gasteiger charge is 2.03. The number of Topliss-reactive ketones (excluding diaryl/α,β-unsaturated/α-hetero) is 1. The van der Waals surface area contributed by atoms with Gasteiger partial charge in [-0.25, -0.2) is 0 Å². The van der Waals surface area contributed by atoms with Crippen molar-refractivity contribution < 1.29 is 4.79 Å². The monoisotopic (exact) mass is 189 g/mol. The maximum atomic E-state index is 11.3. The van der Waals surface area contributed by atoms with Crippen LogP contribution in [0.25, 0.3) is 0 Å². The molecule has 0 amide bonds. The van der Waals surface area contributed by atoms with Crippen LogP contribution in [-0.4, -0.2) is 10.4 Å². The van der Waals surface area contributed by atoms with Crippen molar-refractivity contribution in [1.29, 1.82) is 0 Å². The van der Waals surface area contributed by atoms with E-state index in [0.29, 0.717) is 6.42 Å². The van der Waals surface area contributed by atoms with E-state index in [1.54, 1.807) is 0 Å². The van der Waals surface area contributed by atoms with Crippen molar-refractivity contribution in [1.82, 2.24) is 4.57 Å². The molecular formula is C12H15NO. The molecule has 0 aliphatic carbocycles. The molecule has 0 saturated carbocycles. The van der Waals surface area contributed by atoms with E-state index in [2.05, 4.69) is 11.8 Å². The van der Waals surface area contributed by atoms with Crippen LogP contribution in [0.15, 0.2) is 18.5 Å².